The van der Waals surface area contributed by atoms with Crippen molar-refractivity contribution in [2.45, 2.75) is 38.4 Å². The summed E-state index contributed by atoms with van der Waals surface area (Å²) in [6.45, 7) is 0.183. The van der Waals surface area contributed by atoms with Crippen molar-refractivity contribution < 1.29 is 22.7 Å². The summed E-state index contributed by atoms with van der Waals surface area (Å²) in [7, 11) is 1.56. The van der Waals surface area contributed by atoms with E-state index in [1.54, 1.807) is 55.6 Å². The molecule has 0 atom stereocenters. The molecule has 1 N–H and O–H groups in total. The standard InChI is InChI=1S/C23H22F3N3O2/c1-31-18-11-9-17(10-12-18)27-22(30)16-6-4-5-15(13-16)14-29-20-8-3-2-7-19(20)21(28-29)23(24,25)26/h4-6,9-13H,2-3,7-8,14H2,1H3,(H,27,30). The van der Waals surface area contributed by atoms with Gasteiger partial charge in [0.1, 0.15) is 5.75 Å². The van der Waals surface area contributed by atoms with E-state index in [2.05, 4.69) is 10.4 Å². The van der Waals surface area contributed by atoms with Gasteiger partial charge in [0.25, 0.3) is 5.91 Å². The average molecular weight is 429 g/mol. The van der Waals surface area contributed by atoms with E-state index >= 15 is 0 Å². The summed E-state index contributed by atoms with van der Waals surface area (Å²) in [5.74, 6) is 0.381. The van der Waals surface area contributed by atoms with Crippen LogP contribution in [0.4, 0.5) is 18.9 Å². The molecule has 0 unspecified atom stereocenters. The first kappa shape index (κ1) is 21.0. The molecule has 0 aliphatic heterocycles. The smallest absolute Gasteiger partial charge is 0.435 e. The number of aromatic nitrogens is 2. The van der Waals surface area contributed by atoms with E-state index in [1.165, 1.54) is 4.68 Å². The lowest BCUT2D eigenvalue weighted by Gasteiger charge is -2.15. The van der Waals surface area contributed by atoms with E-state index in [-0.39, 0.29) is 12.5 Å². The van der Waals surface area contributed by atoms with Crippen LogP contribution < -0.4 is 10.1 Å². The number of alkyl halides is 3. The minimum Gasteiger partial charge on any atom is -0.497 e. The van der Waals surface area contributed by atoms with E-state index in [9.17, 15) is 18.0 Å². The number of nitrogens with zero attached hydrogens (tertiary/aromatic N) is 2. The Morgan fingerprint density at radius 1 is 1.13 bits per heavy atom. The van der Waals surface area contributed by atoms with Crippen molar-refractivity contribution in [3.8, 4) is 5.75 Å². The van der Waals surface area contributed by atoms with Gasteiger partial charge >= 0.3 is 6.18 Å². The van der Waals surface area contributed by atoms with Crippen LogP contribution in [0.3, 0.4) is 0 Å². The monoisotopic (exact) mass is 429 g/mol. The van der Waals surface area contributed by atoms with E-state index < -0.39 is 11.9 Å². The molecule has 0 fully saturated rings. The highest BCUT2D eigenvalue weighted by Crippen LogP contribution is 2.36. The molecule has 0 saturated carbocycles. The van der Waals surface area contributed by atoms with Gasteiger partial charge in [0, 0.05) is 22.5 Å². The van der Waals surface area contributed by atoms with Crippen LogP contribution in [0.1, 0.15) is 45.7 Å². The van der Waals surface area contributed by atoms with Crippen LogP contribution in [0.5, 0.6) is 5.75 Å². The normalized spacial score (nSPS) is 13.5. The summed E-state index contributed by atoms with van der Waals surface area (Å²) in [6, 6.07) is 13.8. The van der Waals surface area contributed by atoms with Crippen molar-refractivity contribution >= 4 is 11.6 Å². The molecular weight excluding hydrogens is 407 g/mol. The first-order valence-electron chi connectivity index (χ1n) is 10.1. The highest BCUT2D eigenvalue weighted by Gasteiger charge is 2.39. The van der Waals surface area contributed by atoms with Crippen LogP contribution in [-0.4, -0.2) is 22.8 Å². The van der Waals surface area contributed by atoms with Gasteiger partial charge in [0.05, 0.1) is 13.7 Å². The molecule has 31 heavy (non-hydrogen) atoms. The first-order valence-corrected chi connectivity index (χ1v) is 10.1. The molecule has 2 aromatic carbocycles. The Morgan fingerprint density at radius 3 is 2.58 bits per heavy atom. The molecule has 4 rings (SSSR count). The number of methoxy groups -OCH3 is 1. The van der Waals surface area contributed by atoms with Crippen molar-refractivity contribution in [3.05, 3.63) is 76.6 Å². The van der Waals surface area contributed by atoms with Gasteiger partial charge in [0.15, 0.2) is 5.69 Å². The van der Waals surface area contributed by atoms with Crippen molar-refractivity contribution in [3.63, 3.8) is 0 Å². The van der Waals surface area contributed by atoms with E-state index in [1.807, 2.05) is 0 Å². The molecule has 1 aliphatic rings. The molecule has 1 heterocycles. The average Bonchev–Trinajstić information content (AvgIpc) is 3.13. The van der Waals surface area contributed by atoms with Crippen molar-refractivity contribution in [2.24, 2.45) is 0 Å². The summed E-state index contributed by atoms with van der Waals surface area (Å²) in [6.07, 6.45) is -1.90. The zero-order valence-corrected chi connectivity index (χ0v) is 17.0. The van der Waals surface area contributed by atoms with Crippen LogP contribution in [0.2, 0.25) is 0 Å². The number of amides is 1. The lowest BCUT2D eigenvalue weighted by atomic mass is 9.95. The number of ether oxygens (including phenoxy) is 1. The molecule has 3 aromatic rings. The molecular formula is C23H22F3N3O2. The molecule has 0 saturated heterocycles. The van der Waals surface area contributed by atoms with E-state index in [0.717, 1.165) is 12.8 Å². The minimum absolute atomic E-state index is 0.183. The number of fused-ring (bicyclic) bond motifs is 1. The van der Waals surface area contributed by atoms with Crippen LogP contribution in [0.15, 0.2) is 48.5 Å². The number of carbonyl (C=O) groups is 1. The molecule has 1 aromatic heterocycles. The van der Waals surface area contributed by atoms with Crippen molar-refractivity contribution in [1.82, 2.24) is 9.78 Å². The number of hydrogen-bond donors (Lipinski definition) is 1. The summed E-state index contributed by atoms with van der Waals surface area (Å²) in [4.78, 5) is 12.6. The Kier molecular flexibility index (Phi) is 5.71. The fourth-order valence-electron chi connectivity index (χ4n) is 3.89. The quantitative estimate of drug-likeness (QED) is 0.615. The SMILES string of the molecule is COc1ccc(NC(=O)c2cccc(Cn3nc(C(F)(F)F)c4c3CCCC4)c2)cc1. The number of benzene rings is 2. The Morgan fingerprint density at radius 2 is 1.87 bits per heavy atom. The summed E-state index contributed by atoms with van der Waals surface area (Å²) < 4.78 is 46.8. The number of nitrogens with one attached hydrogen (secondary N) is 1. The largest absolute Gasteiger partial charge is 0.497 e. The zero-order valence-electron chi connectivity index (χ0n) is 17.0. The molecule has 1 aliphatic carbocycles. The summed E-state index contributed by atoms with van der Waals surface area (Å²) in [5.41, 5.74) is 1.93. The van der Waals surface area contributed by atoms with Gasteiger partial charge < -0.3 is 10.1 Å². The molecule has 0 spiro atoms. The van der Waals surface area contributed by atoms with Crippen molar-refractivity contribution in [2.75, 3.05) is 12.4 Å². The highest BCUT2D eigenvalue weighted by atomic mass is 19.4. The Bertz CT molecular complexity index is 1090. The van der Waals surface area contributed by atoms with Gasteiger partial charge in [-0.25, -0.2) is 0 Å². The number of rotatable bonds is 5. The molecule has 0 bridgehead atoms. The summed E-state index contributed by atoms with van der Waals surface area (Å²) in [5, 5.41) is 6.71. The predicted octanol–water partition coefficient (Wildman–Crippen LogP) is 5.09. The number of halogens is 3. The Labute approximate surface area is 177 Å². The van der Waals surface area contributed by atoms with Crippen LogP contribution in [0.25, 0.3) is 0 Å². The maximum atomic E-state index is 13.4. The van der Waals surface area contributed by atoms with Crippen LogP contribution in [0, 0.1) is 0 Å². The highest BCUT2D eigenvalue weighted by molar-refractivity contribution is 6.04. The van der Waals surface area contributed by atoms with Crippen molar-refractivity contribution in [1.29, 1.82) is 0 Å². The van der Waals surface area contributed by atoms with Gasteiger partial charge in [-0.05, 0) is 67.6 Å². The fourth-order valence-corrected chi connectivity index (χ4v) is 3.89. The Balaban J connectivity index is 1.55. The molecule has 1 amide bonds. The number of hydrogen-bond acceptors (Lipinski definition) is 3. The van der Waals surface area contributed by atoms with Gasteiger partial charge in [-0.3, -0.25) is 9.48 Å². The second-order valence-electron chi connectivity index (χ2n) is 7.52. The predicted molar refractivity (Wildman–Crippen MR) is 110 cm³/mol. The van der Waals surface area contributed by atoms with Gasteiger partial charge in [0.2, 0.25) is 0 Å². The van der Waals surface area contributed by atoms with Gasteiger partial charge in [-0.15, -0.1) is 0 Å². The third-order valence-electron chi connectivity index (χ3n) is 5.39. The Hall–Kier alpha value is -3.29. The summed E-state index contributed by atoms with van der Waals surface area (Å²) >= 11 is 0. The lowest BCUT2D eigenvalue weighted by molar-refractivity contribution is -0.142. The van der Waals surface area contributed by atoms with E-state index in [4.69, 9.17) is 4.74 Å². The topological polar surface area (TPSA) is 56.1 Å². The molecule has 5 nitrogen and oxygen atoms in total. The maximum absolute atomic E-state index is 13.4. The van der Waals surface area contributed by atoms with Crippen LogP contribution >= 0.6 is 0 Å². The number of anilines is 1. The third kappa shape index (κ3) is 4.57. The maximum Gasteiger partial charge on any atom is 0.435 e. The fraction of sp³-hybridized carbons (Fsp3) is 0.304. The van der Waals surface area contributed by atoms with Gasteiger partial charge in [-0.2, -0.15) is 18.3 Å². The first-order chi connectivity index (χ1) is 14.8. The second-order valence-corrected chi connectivity index (χ2v) is 7.52. The van der Waals surface area contributed by atoms with Gasteiger partial charge in [-0.1, -0.05) is 12.1 Å². The minimum atomic E-state index is -4.47. The third-order valence-corrected chi connectivity index (χ3v) is 5.39. The molecule has 0 radical (unpaired) electrons. The van der Waals surface area contributed by atoms with E-state index in [0.29, 0.717) is 46.7 Å². The number of carbonyl (C=O) groups excluding carboxylic acids is 1. The second kappa shape index (κ2) is 8.45. The van der Waals surface area contributed by atoms with Crippen LogP contribution in [-0.2, 0) is 25.6 Å². The zero-order chi connectivity index (χ0) is 22.0. The lowest BCUT2D eigenvalue weighted by Crippen LogP contribution is -2.13. The molecule has 8 heteroatoms. The molecule has 162 valence electrons.